The molecule has 1 aliphatic rings. The quantitative estimate of drug-likeness (QED) is 0.733. The van der Waals surface area contributed by atoms with Crippen molar-refractivity contribution in [3.8, 4) is 10.6 Å². The maximum absolute atomic E-state index is 12.8. The molecule has 1 aliphatic heterocycles. The van der Waals surface area contributed by atoms with E-state index in [4.69, 9.17) is 0 Å². The Morgan fingerprint density at radius 3 is 2.88 bits per heavy atom. The van der Waals surface area contributed by atoms with Gasteiger partial charge in [0.2, 0.25) is 5.91 Å². The van der Waals surface area contributed by atoms with Crippen LogP contribution in [0.25, 0.3) is 10.6 Å². The smallest absolute Gasteiger partial charge is 0.233 e. The molecule has 1 aromatic carbocycles. The van der Waals surface area contributed by atoms with Crippen LogP contribution in [0.1, 0.15) is 18.2 Å². The van der Waals surface area contributed by atoms with E-state index in [0.717, 1.165) is 28.4 Å². The standard InChI is InChI=1S/C19H17N3OS/c1-13-10-15-4-2-3-5-17(15)22(13)18(23)11-16-12-24-19(21-16)14-6-8-20-9-7-14/h2-9,12-13H,10-11H2,1H3. The van der Waals surface area contributed by atoms with Gasteiger partial charge in [0.25, 0.3) is 0 Å². The van der Waals surface area contributed by atoms with Gasteiger partial charge in [-0.3, -0.25) is 9.78 Å². The molecule has 1 amide bonds. The number of amides is 1. The summed E-state index contributed by atoms with van der Waals surface area (Å²) in [6.45, 7) is 2.10. The van der Waals surface area contributed by atoms with Crippen LogP contribution < -0.4 is 4.90 Å². The van der Waals surface area contributed by atoms with Crippen molar-refractivity contribution >= 4 is 22.9 Å². The van der Waals surface area contributed by atoms with Gasteiger partial charge >= 0.3 is 0 Å². The molecule has 0 saturated heterocycles. The molecule has 1 unspecified atom stereocenters. The molecule has 3 heterocycles. The summed E-state index contributed by atoms with van der Waals surface area (Å²) < 4.78 is 0. The molecule has 0 spiro atoms. The Morgan fingerprint density at radius 2 is 2.04 bits per heavy atom. The summed E-state index contributed by atoms with van der Waals surface area (Å²) in [5, 5.41) is 2.90. The van der Waals surface area contributed by atoms with Gasteiger partial charge in [-0.2, -0.15) is 0 Å². The summed E-state index contributed by atoms with van der Waals surface area (Å²) in [5.74, 6) is 0.110. The second-order valence-corrected chi connectivity index (χ2v) is 6.86. The molecule has 0 aliphatic carbocycles. The Bertz CT molecular complexity index is 875. The maximum Gasteiger partial charge on any atom is 0.233 e. The van der Waals surface area contributed by atoms with Gasteiger partial charge in [-0.25, -0.2) is 4.98 Å². The van der Waals surface area contributed by atoms with Crippen molar-refractivity contribution in [3.63, 3.8) is 0 Å². The average Bonchev–Trinajstić information content (AvgIpc) is 3.19. The Hall–Kier alpha value is -2.53. The monoisotopic (exact) mass is 335 g/mol. The van der Waals surface area contributed by atoms with Gasteiger partial charge in [0, 0.05) is 35.1 Å². The number of hydrogen-bond acceptors (Lipinski definition) is 4. The number of nitrogens with zero attached hydrogens (tertiary/aromatic N) is 3. The number of pyridine rings is 1. The molecular weight excluding hydrogens is 318 g/mol. The summed E-state index contributed by atoms with van der Waals surface area (Å²) in [7, 11) is 0. The number of benzene rings is 1. The van der Waals surface area contributed by atoms with Crippen molar-refractivity contribution in [1.82, 2.24) is 9.97 Å². The number of thiazole rings is 1. The third-order valence-electron chi connectivity index (χ3n) is 4.29. The number of para-hydroxylation sites is 1. The molecule has 120 valence electrons. The lowest BCUT2D eigenvalue weighted by Gasteiger charge is -2.22. The van der Waals surface area contributed by atoms with Gasteiger partial charge in [0.05, 0.1) is 12.1 Å². The molecule has 0 fully saturated rings. The minimum Gasteiger partial charge on any atom is -0.309 e. The van der Waals surface area contributed by atoms with E-state index in [1.807, 2.05) is 40.6 Å². The van der Waals surface area contributed by atoms with Crippen LogP contribution in [0.3, 0.4) is 0 Å². The van der Waals surface area contributed by atoms with Crippen LogP contribution in [-0.4, -0.2) is 21.9 Å². The fourth-order valence-corrected chi connectivity index (χ4v) is 4.03. The maximum atomic E-state index is 12.8. The molecule has 2 aromatic heterocycles. The van der Waals surface area contributed by atoms with Gasteiger partial charge in [0.15, 0.2) is 0 Å². The number of carbonyl (C=O) groups excluding carboxylic acids is 1. The number of hydrogen-bond donors (Lipinski definition) is 0. The molecular formula is C19H17N3OS. The van der Waals surface area contributed by atoms with Gasteiger partial charge < -0.3 is 4.90 Å². The van der Waals surface area contributed by atoms with Crippen LogP contribution in [0.15, 0.2) is 54.2 Å². The summed E-state index contributed by atoms with van der Waals surface area (Å²) >= 11 is 1.56. The largest absolute Gasteiger partial charge is 0.309 e. The van der Waals surface area contributed by atoms with E-state index in [0.29, 0.717) is 6.42 Å². The summed E-state index contributed by atoms with van der Waals surface area (Å²) in [6, 6.07) is 12.2. The SMILES string of the molecule is CC1Cc2ccccc2N1C(=O)Cc1csc(-c2ccncc2)n1. The summed E-state index contributed by atoms with van der Waals surface area (Å²) in [4.78, 5) is 23.4. The zero-order valence-corrected chi connectivity index (χ0v) is 14.2. The van der Waals surface area contributed by atoms with E-state index in [2.05, 4.69) is 23.0 Å². The molecule has 4 nitrogen and oxygen atoms in total. The number of carbonyl (C=O) groups is 1. The fraction of sp³-hybridized carbons (Fsp3) is 0.211. The molecule has 4 rings (SSSR count). The highest BCUT2D eigenvalue weighted by molar-refractivity contribution is 7.13. The lowest BCUT2D eigenvalue weighted by atomic mass is 10.1. The van der Waals surface area contributed by atoms with Crippen molar-refractivity contribution in [2.75, 3.05) is 4.90 Å². The Labute approximate surface area is 144 Å². The highest BCUT2D eigenvalue weighted by Gasteiger charge is 2.30. The molecule has 0 radical (unpaired) electrons. The number of fused-ring (bicyclic) bond motifs is 1. The van der Waals surface area contributed by atoms with Crippen LogP contribution in [-0.2, 0) is 17.6 Å². The second kappa shape index (κ2) is 6.17. The van der Waals surface area contributed by atoms with Crippen LogP contribution in [0, 0.1) is 0 Å². The van der Waals surface area contributed by atoms with Crippen molar-refractivity contribution < 1.29 is 4.79 Å². The lowest BCUT2D eigenvalue weighted by Crippen LogP contribution is -2.36. The predicted molar refractivity (Wildman–Crippen MR) is 96.1 cm³/mol. The number of aromatic nitrogens is 2. The van der Waals surface area contributed by atoms with Crippen LogP contribution in [0.2, 0.25) is 0 Å². The van der Waals surface area contributed by atoms with E-state index in [-0.39, 0.29) is 11.9 Å². The van der Waals surface area contributed by atoms with Gasteiger partial charge in [0.1, 0.15) is 5.01 Å². The van der Waals surface area contributed by atoms with Crippen LogP contribution in [0.4, 0.5) is 5.69 Å². The Kier molecular flexibility index (Phi) is 3.86. The summed E-state index contributed by atoms with van der Waals surface area (Å²) in [6.07, 6.45) is 4.76. The van der Waals surface area contributed by atoms with Gasteiger partial charge in [-0.05, 0) is 37.1 Å². The topological polar surface area (TPSA) is 46.1 Å². The van der Waals surface area contributed by atoms with Crippen molar-refractivity contribution in [2.45, 2.75) is 25.8 Å². The minimum atomic E-state index is 0.110. The average molecular weight is 335 g/mol. The molecule has 5 heteroatoms. The lowest BCUT2D eigenvalue weighted by molar-refractivity contribution is -0.118. The first-order chi connectivity index (χ1) is 11.7. The first-order valence-electron chi connectivity index (χ1n) is 7.97. The van der Waals surface area contributed by atoms with Crippen molar-refractivity contribution in [3.05, 3.63) is 65.4 Å². The second-order valence-electron chi connectivity index (χ2n) is 6.00. The van der Waals surface area contributed by atoms with Crippen LogP contribution >= 0.6 is 11.3 Å². The normalized spacial score (nSPS) is 16.2. The Morgan fingerprint density at radius 1 is 1.25 bits per heavy atom. The van der Waals surface area contributed by atoms with Crippen LogP contribution in [0.5, 0.6) is 0 Å². The highest BCUT2D eigenvalue weighted by atomic mass is 32.1. The van der Waals surface area contributed by atoms with Crippen molar-refractivity contribution in [2.24, 2.45) is 0 Å². The van der Waals surface area contributed by atoms with Gasteiger partial charge in [-0.15, -0.1) is 11.3 Å². The highest BCUT2D eigenvalue weighted by Crippen LogP contribution is 2.32. The third kappa shape index (κ3) is 2.71. The molecule has 0 saturated carbocycles. The van der Waals surface area contributed by atoms with Crippen molar-refractivity contribution in [1.29, 1.82) is 0 Å². The van der Waals surface area contributed by atoms with Gasteiger partial charge in [-0.1, -0.05) is 18.2 Å². The third-order valence-corrected chi connectivity index (χ3v) is 5.23. The predicted octanol–water partition coefficient (Wildman–Crippen LogP) is 3.73. The van der Waals surface area contributed by atoms with E-state index in [1.54, 1.807) is 23.7 Å². The van der Waals surface area contributed by atoms with E-state index >= 15 is 0 Å². The molecule has 3 aromatic rings. The molecule has 1 atom stereocenters. The summed E-state index contributed by atoms with van der Waals surface area (Å²) in [5.41, 5.74) is 4.15. The zero-order valence-electron chi connectivity index (χ0n) is 13.3. The van der Waals surface area contributed by atoms with E-state index < -0.39 is 0 Å². The number of rotatable bonds is 3. The zero-order chi connectivity index (χ0) is 16.5. The van der Waals surface area contributed by atoms with E-state index in [9.17, 15) is 4.79 Å². The first-order valence-corrected chi connectivity index (χ1v) is 8.85. The van der Waals surface area contributed by atoms with E-state index in [1.165, 1.54) is 5.56 Å². The first kappa shape index (κ1) is 15.0. The molecule has 24 heavy (non-hydrogen) atoms. The number of anilines is 1. The molecule has 0 bridgehead atoms. The Balaban J connectivity index is 1.54. The minimum absolute atomic E-state index is 0.110. The molecule has 0 N–H and O–H groups in total. The fourth-order valence-electron chi connectivity index (χ4n) is 3.20.